The lowest BCUT2D eigenvalue weighted by molar-refractivity contribution is -0.141. The summed E-state index contributed by atoms with van der Waals surface area (Å²) in [6, 6.07) is 0.521. The second-order valence-electron chi connectivity index (χ2n) is 5.79. The Kier molecular flexibility index (Phi) is 5.57. The van der Waals surface area contributed by atoms with E-state index in [9.17, 15) is 22.8 Å². The van der Waals surface area contributed by atoms with Gasteiger partial charge < -0.3 is 15.2 Å². The molecule has 0 fully saturated rings. The second-order valence-corrected chi connectivity index (χ2v) is 5.79. The number of aliphatic carboxylic acids is 1. The zero-order chi connectivity index (χ0) is 17.8. The summed E-state index contributed by atoms with van der Waals surface area (Å²) in [6.07, 6.45) is -4.79. The fraction of sp³-hybridized carbons (Fsp3) is 0.500. The number of carbonyl (C=O) groups is 2. The van der Waals surface area contributed by atoms with Crippen LogP contribution in [0.3, 0.4) is 0 Å². The Hall–Kier alpha value is -2.32. The van der Waals surface area contributed by atoms with Gasteiger partial charge in [-0.1, -0.05) is 6.07 Å². The smallest absolute Gasteiger partial charge is 0.433 e. The Morgan fingerprint density at radius 3 is 2.30 bits per heavy atom. The summed E-state index contributed by atoms with van der Waals surface area (Å²) in [5, 5.41) is 11.3. The van der Waals surface area contributed by atoms with Gasteiger partial charge in [0.15, 0.2) is 0 Å². The first kappa shape index (κ1) is 18.7. The molecule has 1 heterocycles. The number of nitrogens with one attached hydrogen (secondary N) is 1. The SMILES string of the molecule is CC(C)(C)OC(=O)N[C@H](Cc1ccc(C(F)(F)F)nc1)C(=O)O. The van der Waals surface area contributed by atoms with E-state index in [2.05, 4.69) is 10.3 Å². The van der Waals surface area contributed by atoms with E-state index in [0.717, 1.165) is 18.3 Å². The zero-order valence-electron chi connectivity index (χ0n) is 12.8. The quantitative estimate of drug-likeness (QED) is 0.884. The lowest BCUT2D eigenvalue weighted by Crippen LogP contribution is -2.44. The highest BCUT2D eigenvalue weighted by molar-refractivity contribution is 5.80. The van der Waals surface area contributed by atoms with Crippen LogP contribution in [0.5, 0.6) is 0 Å². The van der Waals surface area contributed by atoms with E-state index in [1.54, 1.807) is 20.8 Å². The van der Waals surface area contributed by atoms with Crippen LogP contribution < -0.4 is 5.32 Å². The molecule has 0 unspecified atom stereocenters. The fourth-order valence-corrected chi connectivity index (χ4v) is 1.60. The number of nitrogens with zero attached hydrogens (tertiary/aromatic N) is 1. The van der Waals surface area contributed by atoms with Gasteiger partial charge in [-0.25, -0.2) is 9.59 Å². The number of hydrogen-bond donors (Lipinski definition) is 2. The first-order valence-electron chi connectivity index (χ1n) is 6.63. The summed E-state index contributed by atoms with van der Waals surface area (Å²) in [5.74, 6) is -1.34. The van der Waals surface area contributed by atoms with Gasteiger partial charge in [0.2, 0.25) is 0 Å². The fourth-order valence-electron chi connectivity index (χ4n) is 1.60. The molecule has 128 valence electrons. The molecular formula is C14H17F3N2O4. The molecule has 9 heteroatoms. The van der Waals surface area contributed by atoms with Crippen molar-refractivity contribution in [1.82, 2.24) is 10.3 Å². The minimum Gasteiger partial charge on any atom is -0.480 e. The molecule has 1 aromatic rings. The van der Waals surface area contributed by atoms with Crippen molar-refractivity contribution >= 4 is 12.1 Å². The van der Waals surface area contributed by atoms with Gasteiger partial charge in [0.05, 0.1) is 0 Å². The van der Waals surface area contributed by atoms with E-state index >= 15 is 0 Å². The Balaban J connectivity index is 2.77. The Morgan fingerprint density at radius 1 is 1.30 bits per heavy atom. The molecule has 0 saturated heterocycles. The molecule has 0 saturated carbocycles. The minimum absolute atomic E-state index is 0.223. The van der Waals surface area contributed by atoms with E-state index in [4.69, 9.17) is 9.84 Å². The number of halogens is 3. The van der Waals surface area contributed by atoms with E-state index < -0.39 is 35.6 Å². The number of amides is 1. The van der Waals surface area contributed by atoms with Gasteiger partial charge in [-0.2, -0.15) is 13.2 Å². The van der Waals surface area contributed by atoms with E-state index in [1.807, 2.05) is 0 Å². The van der Waals surface area contributed by atoms with Crippen LogP contribution in [0.25, 0.3) is 0 Å². The molecule has 23 heavy (non-hydrogen) atoms. The number of alkyl carbamates (subject to hydrolysis) is 1. The molecular weight excluding hydrogens is 317 g/mol. The minimum atomic E-state index is -4.57. The molecule has 6 nitrogen and oxygen atoms in total. The number of aromatic nitrogens is 1. The van der Waals surface area contributed by atoms with Crippen LogP contribution in [-0.2, 0) is 22.1 Å². The highest BCUT2D eigenvalue weighted by Crippen LogP contribution is 2.27. The van der Waals surface area contributed by atoms with Crippen LogP contribution in [-0.4, -0.2) is 33.8 Å². The average Bonchev–Trinajstić information content (AvgIpc) is 2.35. The summed E-state index contributed by atoms with van der Waals surface area (Å²) < 4.78 is 42.2. The summed E-state index contributed by atoms with van der Waals surface area (Å²) in [7, 11) is 0. The largest absolute Gasteiger partial charge is 0.480 e. The van der Waals surface area contributed by atoms with Gasteiger partial charge >= 0.3 is 18.2 Å². The maximum absolute atomic E-state index is 12.4. The molecule has 0 spiro atoms. The maximum Gasteiger partial charge on any atom is 0.433 e. The molecule has 1 rings (SSSR count). The average molecular weight is 334 g/mol. The lowest BCUT2D eigenvalue weighted by Gasteiger charge is -2.22. The van der Waals surface area contributed by atoms with Crippen molar-refractivity contribution in [3.8, 4) is 0 Å². The van der Waals surface area contributed by atoms with Gasteiger partial charge in [0.1, 0.15) is 17.3 Å². The summed E-state index contributed by atoms with van der Waals surface area (Å²) in [6.45, 7) is 4.84. The Bertz CT molecular complexity index is 565. The van der Waals surface area contributed by atoms with Crippen LogP contribution in [0.15, 0.2) is 18.3 Å². The Labute approximate surface area is 130 Å². The lowest BCUT2D eigenvalue weighted by atomic mass is 10.1. The zero-order valence-corrected chi connectivity index (χ0v) is 12.8. The number of alkyl halides is 3. The molecule has 0 aromatic carbocycles. The summed E-state index contributed by atoms with van der Waals surface area (Å²) >= 11 is 0. The van der Waals surface area contributed by atoms with Crippen molar-refractivity contribution in [3.05, 3.63) is 29.6 Å². The third-order valence-corrected chi connectivity index (χ3v) is 2.54. The Morgan fingerprint density at radius 2 is 1.91 bits per heavy atom. The molecule has 0 bridgehead atoms. The number of rotatable bonds is 4. The van der Waals surface area contributed by atoms with Gasteiger partial charge in [0.25, 0.3) is 0 Å². The van der Waals surface area contributed by atoms with Gasteiger partial charge in [-0.05, 0) is 32.4 Å². The monoisotopic (exact) mass is 334 g/mol. The number of carboxylic acid groups (broad SMARTS) is 1. The number of hydrogen-bond acceptors (Lipinski definition) is 4. The first-order chi connectivity index (χ1) is 10.4. The third kappa shape index (κ3) is 6.54. The standard InChI is InChI=1S/C14H17F3N2O4/c1-13(2,3)23-12(22)19-9(11(20)21)6-8-4-5-10(18-7-8)14(15,16)17/h4-5,7,9H,6H2,1-3H3,(H,19,22)(H,20,21)/t9-/m1/s1. The van der Waals surface area contributed by atoms with Crippen molar-refractivity contribution in [2.75, 3.05) is 0 Å². The van der Waals surface area contributed by atoms with Crippen molar-refractivity contribution in [2.45, 2.75) is 45.0 Å². The molecule has 0 aliphatic heterocycles. The number of pyridine rings is 1. The molecule has 1 amide bonds. The van der Waals surface area contributed by atoms with Crippen molar-refractivity contribution in [1.29, 1.82) is 0 Å². The van der Waals surface area contributed by atoms with E-state index in [-0.39, 0.29) is 12.0 Å². The second kappa shape index (κ2) is 6.84. The normalized spacial score (nSPS) is 13.3. The molecule has 2 N–H and O–H groups in total. The summed E-state index contributed by atoms with van der Waals surface area (Å²) in [4.78, 5) is 26.0. The predicted molar refractivity (Wildman–Crippen MR) is 73.7 cm³/mol. The van der Waals surface area contributed by atoms with Crippen LogP contribution in [0.4, 0.5) is 18.0 Å². The van der Waals surface area contributed by atoms with E-state index in [1.165, 1.54) is 0 Å². The van der Waals surface area contributed by atoms with Crippen molar-refractivity contribution in [3.63, 3.8) is 0 Å². The van der Waals surface area contributed by atoms with Crippen molar-refractivity contribution < 1.29 is 32.6 Å². The third-order valence-electron chi connectivity index (χ3n) is 2.54. The van der Waals surface area contributed by atoms with Gasteiger partial charge in [-0.3, -0.25) is 4.98 Å². The van der Waals surface area contributed by atoms with Gasteiger partial charge in [0, 0.05) is 12.6 Å². The highest BCUT2D eigenvalue weighted by atomic mass is 19.4. The molecule has 0 radical (unpaired) electrons. The molecule has 1 aromatic heterocycles. The predicted octanol–water partition coefficient (Wildman–Crippen LogP) is 2.62. The van der Waals surface area contributed by atoms with Crippen LogP contribution >= 0.6 is 0 Å². The van der Waals surface area contributed by atoms with Crippen LogP contribution in [0.2, 0.25) is 0 Å². The van der Waals surface area contributed by atoms with Gasteiger partial charge in [-0.15, -0.1) is 0 Å². The van der Waals surface area contributed by atoms with E-state index in [0.29, 0.717) is 0 Å². The molecule has 1 atom stereocenters. The van der Waals surface area contributed by atoms with Crippen LogP contribution in [0, 0.1) is 0 Å². The number of carbonyl (C=O) groups excluding carboxylic acids is 1. The summed E-state index contributed by atoms with van der Waals surface area (Å²) in [5.41, 5.74) is -1.64. The maximum atomic E-state index is 12.4. The first-order valence-corrected chi connectivity index (χ1v) is 6.63. The molecule has 0 aliphatic rings. The van der Waals surface area contributed by atoms with Crippen LogP contribution in [0.1, 0.15) is 32.0 Å². The van der Waals surface area contributed by atoms with Crippen molar-refractivity contribution in [2.24, 2.45) is 0 Å². The number of ether oxygens (including phenoxy) is 1. The molecule has 0 aliphatic carbocycles. The number of carboxylic acids is 1. The highest BCUT2D eigenvalue weighted by Gasteiger charge is 2.32. The topological polar surface area (TPSA) is 88.5 Å².